The van der Waals surface area contributed by atoms with Crippen LogP contribution in [0.2, 0.25) is 15.1 Å². The summed E-state index contributed by atoms with van der Waals surface area (Å²) in [6.07, 6.45) is 3.05. The van der Waals surface area contributed by atoms with Gasteiger partial charge in [0, 0.05) is 30.2 Å². The highest BCUT2D eigenvalue weighted by molar-refractivity contribution is 6.35. The van der Waals surface area contributed by atoms with Crippen LogP contribution in [0.3, 0.4) is 0 Å². The van der Waals surface area contributed by atoms with E-state index < -0.39 is 11.9 Å². The van der Waals surface area contributed by atoms with Gasteiger partial charge in [-0.2, -0.15) is 0 Å². The highest BCUT2D eigenvalue weighted by Gasteiger charge is 2.27. The third-order valence-corrected chi connectivity index (χ3v) is 5.61. The molecule has 1 atom stereocenters. The molecule has 0 radical (unpaired) electrons. The van der Waals surface area contributed by atoms with Crippen molar-refractivity contribution in [2.45, 2.75) is 25.8 Å². The SMILES string of the molecule is CC(NC(=O)C1CCN(c2ccc(Cl)cn2)CC1)c1cc(F)c(Cl)cc1Cl. The predicted molar refractivity (Wildman–Crippen MR) is 107 cm³/mol. The van der Waals surface area contributed by atoms with E-state index in [1.54, 1.807) is 19.2 Å². The minimum Gasteiger partial charge on any atom is -0.357 e. The van der Waals surface area contributed by atoms with Crippen LogP contribution in [-0.4, -0.2) is 24.0 Å². The molecule has 3 rings (SSSR count). The summed E-state index contributed by atoms with van der Waals surface area (Å²) in [5, 5.41) is 3.82. The molecule has 0 bridgehead atoms. The van der Waals surface area contributed by atoms with Gasteiger partial charge in [0.25, 0.3) is 0 Å². The molecular weight excluding hydrogens is 412 g/mol. The van der Waals surface area contributed by atoms with Gasteiger partial charge in [0.1, 0.15) is 11.6 Å². The van der Waals surface area contributed by atoms with E-state index in [9.17, 15) is 9.18 Å². The molecule has 1 aromatic carbocycles. The zero-order chi connectivity index (χ0) is 19.6. The second-order valence-electron chi connectivity index (χ2n) is 6.61. The monoisotopic (exact) mass is 429 g/mol. The largest absolute Gasteiger partial charge is 0.357 e. The van der Waals surface area contributed by atoms with E-state index in [1.807, 2.05) is 6.07 Å². The number of anilines is 1. The van der Waals surface area contributed by atoms with Gasteiger partial charge in [-0.25, -0.2) is 9.37 Å². The molecule has 2 aromatic rings. The standard InChI is InChI=1S/C19H19Cl3FN3O/c1-11(14-8-17(23)16(22)9-15(14)21)25-19(27)12-4-6-26(7-5-12)18-3-2-13(20)10-24-18/h2-3,8-12H,4-7H2,1H3,(H,25,27). The summed E-state index contributed by atoms with van der Waals surface area (Å²) in [4.78, 5) is 19.1. The molecule has 1 unspecified atom stereocenters. The van der Waals surface area contributed by atoms with Gasteiger partial charge in [-0.15, -0.1) is 0 Å². The molecule has 1 aromatic heterocycles. The van der Waals surface area contributed by atoms with Crippen LogP contribution in [0.1, 0.15) is 31.4 Å². The van der Waals surface area contributed by atoms with E-state index in [0.717, 1.165) is 18.9 Å². The number of amides is 1. The van der Waals surface area contributed by atoms with Crippen LogP contribution in [0, 0.1) is 11.7 Å². The van der Waals surface area contributed by atoms with E-state index in [4.69, 9.17) is 34.8 Å². The summed E-state index contributed by atoms with van der Waals surface area (Å²) >= 11 is 17.7. The molecular formula is C19H19Cl3FN3O. The zero-order valence-corrected chi connectivity index (χ0v) is 17.0. The number of carbonyl (C=O) groups excluding carboxylic acids is 1. The van der Waals surface area contributed by atoms with Crippen molar-refractivity contribution < 1.29 is 9.18 Å². The highest BCUT2D eigenvalue weighted by Crippen LogP contribution is 2.29. The Morgan fingerprint density at radius 3 is 2.56 bits per heavy atom. The van der Waals surface area contributed by atoms with E-state index in [2.05, 4.69) is 15.2 Å². The van der Waals surface area contributed by atoms with Crippen LogP contribution in [0.15, 0.2) is 30.5 Å². The lowest BCUT2D eigenvalue weighted by Gasteiger charge is -2.32. The summed E-state index contributed by atoms with van der Waals surface area (Å²) in [6.45, 7) is 3.24. The number of halogens is 4. The van der Waals surface area contributed by atoms with Crippen molar-refractivity contribution in [3.8, 4) is 0 Å². The van der Waals surface area contributed by atoms with Gasteiger partial charge < -0.3 is 10.2 Å². The maximum absolute atomic E-state index is 13.7. The fourth-order valence-corrected chi connectivity index (χ4v) is 3.86. The number of aromatic nitrogens is 1. The first kappa shape index (κ1) is 20.2. The van der Waals surface area contributed by atoms with E-state index in [1.165, 1.54) is 12.1 Å². The lowest BCUT2D eigenvalue weighted by atomic mass is 9.95. The van der Waals surface area contributed by atoms with Crippen molar-refractivity contribution in [1.29, 1.82) is 0 Å². The number of hydrogen-bond acceptors (Lipinski definition) is 3. The molecule has 0 spiro atoms. The molecule has 1 aliphatic heterocycles. The van der Waals surface area contributed by atoms with Gasteiger partial charge in [-0.1, -0.05) is 34.8 Å². The number of carbonyl (C=O) groups is 1. The fraction of sp³-hybridized carbons (Fsp3) is 0.368. The molecule has 2 heterocycles. The minimum atomic E-state index is -0.555. The predicted octanol–water partition coefficient (Wildman–Crippen LogP) is 5.27. The van der Waals surface area contributed by atoms with Gasteiger partial charge in [-0.05, 0) is 49.6 Å². The quantitative estimate of drug-likeness (QED) is 0.672. The molecule has 1 aliphatic rings. The molecule has 0 aliphatic carbocycles. The molecule has 1 fully saturated rings. The van der Waals surface area contributed by atoms with Gasteiger partial charge in [0.2, 0.25) is 5.91 Å². The zero-order valence-electron chi connectivity index (χ0n) is 14.7. The molecule has 1 amide bonds. The van der Waals surface area contributed by atoms with Crippen molar-refractivity contribution in [1.82, 2.24) is 10.3 Å². The number of pyridine rings is 1. The number of hydrogen-bond donors (Lipinski definition) is 1. The molecule has 27 heavy (non-hydrogen) atoms. The van der Waals surface area contributed by atoms with Gasteiger partial charge in [0.05, 0.1) is 16.1 Å². The van der Waals surface area contributed by atoms with Crippen molar-refractivity contribution in [3.05, 3.63) is 56.9 Å². The van der Waals surface area contributed by atoms with Gasteiger partial charge >= 0.3 is 0 Å². The van der Waals surface area contributed by atoms with Crippen LogP contribution in [-0.2, 0) is 4.79 Å². The van der Waals surface area contributed by atoms with E-state index in [-0.39, 0.29) is 16.8 Å². The normalized spacial score (nSPS) is 16.3. The first-order chi connectivity index (χ1) is 12.8. The van der Waals surface area contributed by atoms with Gasteiger partial charge in [0.15, 0.2) is 0 Å². The molecule has 8 heteroatoms. The van der Waals surface area contributed by atoms with Crippen molar-refractivity contribution in [2.75, 3.05) is 18.0 Å². The topological polar surface area (TPSA) is 45.2 Å². The van der Waals surface area contributed by atoms with Crippen LogP contribution < -0.4 is 10.2 Å². The van der Waals surface area contributed by atoms with E-state index in [0.29, 0.717) is 28.5 Å². The molecule has 1 saturated heterocycles. The van der Waals surface area contributed by atoms with Crippen LogP contribution >= 0.6 is 34.8 Å². The Bertz CT molecular complexity index is 824. The lowest BCUT2D eigenvalue weighted by Crippen LogP contribution is -2.41. The van der Waals surface area contributed by atoms with Crippen LogP contribution in [0.5, 0.6) is 0 Å². The Morgan fingerprint density at radius 1 is 1.22 bits per heavy atom. The average Bonchev–Trinajstić information content (AvgIpc) is 2.65. The Hall–Kier alpha value is -1.56. The maximum Gasteiger partial charge on any atom is 0.223 e. The summed E-state index contributed by atoms with van der Waals surface area (Å²) in [7, 11) is 0. The fourth-order valence-electron chi connectivity index (χ4n) is 3.20. The van der Waals surface area contributed by atoms with Crippen molar-refractivity contribution >= 4 is 46.5 Å². The third-order valence-electron chi connectivity index (χ3n) is 4.77. The highest BCUT2D eigenvalue weighted by atomic mass is 35.5. The summed E-state index contributed by atoms with van der Waals surface area (Å²) in [5.41, 5.74) is 0.509. The smallest absolute Gasteiger partial charge is 0.223 e. The molecule has 4 nitrogen and oxygen atoms in total. The molecule has 0 saturated carbocycles. The number of nitrogens with zero attached hydrogens (tertiary/aromatic N) is 2. The summed E-state index contributed by atoms with van der Waals surface area (Å²) < 4.78 is 13.7. The number of benzene rings is 1. The lowest BCUT2D eigenvalue weighted by molar-refractivity contribution is -0.126. The Balaban J connectivity index is 1.58. The summed E-state index contributed by atoms with van der Waals surface area (Å²) in [5.74, 6) is 0.139. The van der Waals surface area contributed by atoms with Crippen LogP contribution in [0.25, 0.3) is 0 Å². The second kappa shape index (κ2) is 8.63. The number of nitrogens with one attached hydrogen (secondary N) is 1. The van der Waals surface area contributed by atoms with E-state index >= 15 is 0 Å². The van der Waals surface area contributed by atoms with Gasteiger partial charge in [-0.3, -0.25) is 4.79 Å². The minimum absolute atomic E-state index is 0.0366. The van der Waals surface area contributed by atoms with Crippen molar-refractivity contribution in [3.63, 3.8) is 0 Å². The third kappa shape index (κ3) is 4.84. The first-order valence-electron chi connectivity index (χ1n) is 8.66. The maximum atomic E-state index is 13.7. The first-order valence-corrected chi connectivity index (χ1v) is 9.80. The average molecular weight is 431 g/mol. The molecule has 144 valence electrons. The Morgan fingerprint density at radius 2 is 1.93 bits per heavy atom. The number of piperidine rings is 1. The van der Waals surface area contributed by atoms with Crippen molar-refractivity contribution in [2.24, 2.45) is 5.92 Å². The second-order valence-corrected chi connectivity index (χ2v) is 7.86. The summed E-state index contributed by atoms with van der Waals surface area (Å²) in [6, 6.07) is 5.90. The Kier molecular flexibility index (Phi) is 6.45. The number of rotatable bonds is 4. The Labute approximate surface area is 172 Å². The van der Waals surface area contributed by atoms with Crippen LogP contribution in [0.4, 0.5) is 10.2 Å². The molecule has 1 N–H and O–H groups in total.